The molecule has 0 aliphatic rings. The Kier molecular flexibility index (Phi) is 51.5. The molecule has 0 aliphatic carbocycles. The zero-order valence-electron chi connectivity index (χ0n) is 45.3. The summed E-state index contributed by atoms with van der Waals surface area (Å²) >= 11 is 0. The highest BCUT2D eigenvalue weighted by molar-refractivity contribution is 5.71. The Labute approximate surface area is 412 Å². The van der Waals surface area contributed by atoms with Gasteiger partial charge in [0, 0.05) is 19.3 Å². The van der Waals surface area contributed by atoms with Gasteiger partial charge in [-0.2, -0.15) is 0 Å². The molecule has 0 fully saturated rings. The molecule has 0 unspecified atom stereocenters. The standard InChI is InChI=1S/C60H116O6/c1-6-7-8-9-10-11-12-13-14-15-16-17-18-22-25-30-35-40-45-50-58(61)64-53-57(66-60(63)52-47-42-37-32-27-29-34-39-44-49-56(4)5)54-65-59(62)51-46-41-36-31-26-23-20-19-21-24-28-33-38-43-48-55(2)3/h55-57H,6-54H2,1-5H3/t57-/m0/s1. The van der Waals surface area contributed by atoms with E-state index in [-0.39, 0.29) is 31.1 Å². The second-order valence-corrected chi connectivity index (χ2v) is 21.6. The SMILES string of the molecule is CCCCCCCCCCCCCCCCCCCCCC(=O)OC[C@@H](COC(=O)CCCCCCCCCCCCCCCCC(C)C)OC(=O)CCCCCCCCCCCC(C)C. The molecule has 0 aromatic heterocycles. The van der Waals surface area contributed by atoms with Crippen LogP contribution in [0.4, 0.5) is 0 Å². The fraction of sp³-hybridized carbons (Fsp3) is 0.950. The summed E-state index contributed by atoms with van der Waals surface area (Å²) in [6.45, 7) is 11.4. The third-order valence-corrected chi connectivity index (χ3v) is 13.7. The normalized spacial score (nSPS) is 12.0. The van der Waals surface area contributed by atoms with Crippen LogP contribution in [0.2, 0.25) is 0 Å². The van der Waals surface area contributed by atoms with Crippen LogP contribution in [0.3, 0.4) is 0 Å². The van der Waals surface area contributed by atoms with Crippen molar-refractivity contribution in [3.8, 4) is 0 Å². The summed E-state index contributed by atoms with van der Waals surface area (Å²) in [6, 6.07) is 0. The summed E-state index contributed by atoms with van der Waals surface area (Å²) in [6.07, 6.45) is 56.7. The Morgan fingerprint density at radius 2 is 0.500 bits per heavy atom. The highest BCUT2D eigenvalue weighted by atomic mass is 16.6. The Bertz CT molecular complexity index is 1010. The van der Waals surface area contributed by atoms with Gasteiger partial charge in [-0.25, -0.2) is 0 Å². The van der Waals surface area contributed by atoms with Crippen LogP contribution in [0.1, 0.15) is 336 Å². The second-order valence-electron chi connectivity index (χ2n) is 21.6. The third kappa shape index (κ3) is 53.4. The molecular weight excluding hydrogens is 817 g/mol. The number of unbranched alkanes of at least 4 members (excludes halogenated alkanes) is 39. The van der Waals surface area contributed by atoms with Crippen molar-refractivity contribution in [1.29, 1.82) is 0 Å². The van der Waals surface area contributed by atoms with Gasteiger partial charge >= 0.3 is 17.9 Å². The van der Waals surface area contributed by atoms with Gasteiger partial charge in [0.25, 0.3) is 0 Å². The maximum Gasteiger partial charge on any atom is 0.306 e. The van der Waals surface area contributed by atoms with Crippen molar-refractivity contribution in [2.75, 3.05) is 13.2 Å². The molecule has 1 atom stereocenters. The molecule has 0 radical (unpaired) electrons. The lowest BCUT2D eigenvalue weighted by molar-refractivity contribution is -0.167. The zero-order chi connectivity index (χ0) is 48.2. The molecule has 0 amide bonds. The van der Waals surface area contributed by atoms with Crippen LogP contribution in [0, 0.1) is 11.8 Å². The molecule has 66 heavy (non-hydrogen) atoms. The first-order valence-electron chi connectivity index (χ1n) is 29.7. The highest BCUT2D eigenvalue weighted by Gasteiger charge is 2.19. The summed E-state index contributed by atoms with van der Waals surface area (Å²) in [5, 5.41) is 0. The van der Waals surface area contributed by atoms with E-state index >= 15 is 0 Å². The van der Waals surface area contributed by atoms with E-state index in [0.717, 1.165) is 69.6 Å². The largest absolute Gasteiger partial charge is 0.462 e. The fourth-order valence-corrected chi connectivity index (χ4v) is 9.23. The summed E-state index contributed by atoms with van der Waals surface area (Å²) < 4.78 is 16.9. The summed E-state index contributed by atoms with van der Waals surface area (Å²) in [5.74, 6) is 0.811. The van der Waals surface area contributed by atoms with Gasteiger partial charge in [0.05, 0.1) is 0 Å². The first kappa shape index (κ1) is 64.4. The number of esters is 3. The average molecular weight is 934 g/mol. The Balaban J connectivity index is 4.25. The molecule has 0 aliphatic heterocycles. The van der Waals surface area contributed by atoms with E-state index in [0.29, 0.717) is 19.3 Å². The Morgan fingerprint density at radius 3 is 0.742 bits per heavy atom. The fourth-order valence-electron chi connectivity index (χ4n) is 9.23. The first-order valence-corrected chi connectivity index (χ1v) is 29.7. The molecular formula is C60H116O6. The van der Waals surface area contributed by atoms with Crippen molar-refractivity contribution < 1.29 is 28.6 Å². The van der Waals surface area contributed by atoms with Gasteiger partial charge in [0.2, 0.25) is 0 Å². The Hall–Kier alpha value is -1.59. The minimum atomic E-state index is -0.763. The van der Waals surface area contributed by atoms with Gasteiger partial charge in [0.1, 0.15) is 13.2 Å². The van der Waals surface area contributed by atoms with E-state index in [1.807, 2.05) is 0 Å². The van der Waals surface area contributed by atoms with E-state index in [1.54, 1.807) is 0 Å². The van der Waals surface area contributed by atoms with Crippen LogP contribution in [0.15, 0.2) is 0 Å². The molecule has 0 saturated carbocycles. The predicted octanol–water partition coefficient (Wildman–Crippen LogP) is 19.7. The van der Waals surface area contributed by atoms with Crippen LogP contribution in [0.5, 0.6) is 0 Å². The van der Waals surface area contributed by atoms with Gasteiger partial charge in [0.15, 0.2) is 6.10 Å². The van der Waals surface area contributed by atoms with Gasteiger partial charge in [-0.05, 0) is 31.1 Å². The van der Waals surface area contributed by atoms with Gasteiger partial charge in [-0.3, -0.25) is 14.4 Å². The molecule has 6 nitrogen and oxygen atoms in total. The molecule has 0 aromatic rings. The van der Waals surface area contributed by atoms with Gasteiger partial charge < -0.3 is 14.2 Å². The molecule has 0 saturated heterocycles. The minimum absolute atomic E-state index is 0.0629. The lowest BCUT2D eigenvalue weighted by atomic mass is 10.0. The third-order valence-electron chi connectivity index (χ3n) is 13.7. The number of carbonyl (C=O) groups excluding carboxylic acids is 3. The van der Waals surface area contributed by atoms with Crippen LogP contribution in [0.25, 0.3) is 0 Å². The molecule has 6 heteroatoms. The molecule has 392 valence electrons. The van der Waals surface area contributed by atoms with E-state index in [2.05, 4.69) is 34.6 Å². The zero-order valence-corrected chi connectivity index (χ0v) is 45.3. The number of carbonyl (C=O) groups is 3. The van der Waals surface area contributed by atoms with Crippen molar-refractivity contribution in [2.45, 2.75) is 343 Å². The number of ether oxygens (including phenoxy) is 3. The average Bonchev–Trinajstić information content (AvgIpc) is 3.29. The van der Waals surface area contributed by atoms with Crippen molar-refractivity contribution in [3.05, 3.63) is 0 Å². The second kappa shape index (κ2) is 52.8. The van der Waals surface area contributed by atoms with Crippen LogP contribution in [-0.4, -0.2) is 37.2 Å². The van der Waals surface area contributed by atoms with Crippen molar-refractivity contribution in [1.82, 2.24) is 0 Å². The lowest BCUT2D eigenvalue weighted by Gasteiger charge is -2.18. The Morgan fingerprint density at radius 1 is 0.288 bits per heavy atom. The van der Waals surface area contributed by atoms with Gasteiger partial charge in [-0.1, -0.05) is 298 Å². The quantitative estimate of drug-likeness (QED) is 0.0343. The first-order chi connectivity index (χ1) is 32.2. The van der Waals surface area contributed by atoms with Crippen molar-refractivity contribution in [2.24, 2.45) is 11.8 Å². The summed E-state index contributed by atoms with van der Waals surface area (Å²) in [5.41, 5.74) is 0. The van der Waals surface area contributed by atoms with Crippen molar-refractivity contribution in [3.63, 3.8) is 0 Å². The monoisotopic (exact) mass is 933 g/mol. The molecule has 0 aromatic carbocycles. The smallest absolute Gasteiger partial charge is 0.306 e. The van der Waals surface area contributed by atoms with Crippen LogP contribution in [-0.2, 0) is 28.6 Å². The molecule has 0 N–H and O–H groups in total. The van der Waals surface area contributed by atoms with Crippen molar-refractivity contribution >= 4 is 17.9 Å². The highest BCUT2D eigenvalue weighted by Crippen LogP contribution is 2.18. The molecule has 0 heterocycles. The number of hydrogen-bond acceptors (Lipinski definition) is 6. The minimum Gasteiger partial charge on any atom is -0.462 e. The molecule has 0 spiro atoms. The van der Waals surface area contributed by atoms with E-state index < -0.39 is 6.10 Å². The summed E-state index contributed by atoms with van der Waals surface area (Å²) in [4.78, 5) is 38.2. The van der Waals surface area contributed by atoms with E-state index in [1.165, 1.54) is 225 Å². The topological polar surface area (TPSA) is 78.9 Å². The van der Waals surface area contributed by atoms with Crippen LogP contribution >= 0.6 is 0 Å². The van der Waals surface area contributed by atoms with Gasteiger partial charge in [-0.15, -0.1) is 0 Å². The summed E-state index contributed by atoms with van der Waals surface area (Å²) in [7, 11) is 0. The maximum absolute atomic E-state index is 12.8. The molecule has 0 rings (SSSR count). The van der Waals surface area contributed by atoms with E-state index in [4.69, 9.17) is 14.2 Å². The number of hydrogen-bond donors (Lipinski definition) is 0. The number of rotatable bonds is 54. The predicted molar refractivity (Wildman–Crippen MR) is 284 cm³/mol. The lowest BCUT2D eigenvalue weighted by Crippen LogP contribution is -2.30. The van der Waals surface area contributed by atoms with E-state index in [9.17, 15) is 14.4 Å². The molecule has 0 bridgehead atoms. The van der Waals surface area contributed by atoms with Crippen LogP contribution < -0.4 is 0 Å². The maximum atomic E-state index is 12.8.